The molecule has 17 heavy (non-hydrogen) atoms. The molecule has 0 aromatic rings. The van der Waals surface area contributed by atoms with Crippen molar-refractivity contribution in [2.75, 3.05) is 0 Å². The molecule has 0 saturated heterocycles. The second kappa shape index (κ2) is 10.1. The van der Waals surface area contributed by atoms with Gasteiger partial charge >= 0.3 is 7.82 Å². The summed E-state index contributed by atoms with van der Waals surface area (Å²) in [4.78, 5) is 17.6. The van der Waals surface area contributed by atoms with Crippen LogP contribution in [0.15, 0.2) is 0 Å². The number of phosphoric ester groups is 1. The van der Waals surface area contributed by atoms with Crippen molar-refractivity contribution in [3.05, 3.63) is 0 Å². The van der Waals surface area contributed by atoms with Gasteiger partial charge in [0.25, 0.3) is 0 Å². The van der Waals surface area contributed by atoms with E-state index in [2.05, 4.69) is 13.8 Å². The van der Waals surface area contributed by atoms with E-state index in [1.165, 1.54) is 19.3 Å². The maximum Gasteiger partial charge on any atom is 0.469 e. The molecular formula is C12H27O4P. The lowest BCUT2D eigenvalue weighted by Crippen LogP contribution is -2.11. The number of hydrogen-bond acceptors (Lipinski definition) is 2. The van der Waals surface area contributed by atoms with Gasteiger partial charge in [0.1, 0.15) is 0 Å². The molecule has 0 radical (unpaired) electrons. The third-order valence-corrected chi connectivity index (χ3v) is 3.37. The van der Waals surface area contributed by atoms with Gasteiger partial charge in [0.2, 0.25) is 0 Å². The van der Waals surface area contributed by atoms with E-state index in [0.29, 0.717) is 0 Å². The Morgan fingerprint density at radius 1 is 0.941 bits per heavy atom. The zero-order valence-electron chi connectivity index (χ0n) is 11.1. The predicted molar refractivity (Wildman–Crippen MR) is 69.8 cm³/mol. The first-order chi connectivity index (χ1) is 7.99. The Kier molecular flexibility index (Phi) is 10.1. The molecule has 4 nitrogen and oxygen atoms in total. The van der Waals surface area contributed by atoms with Crippen molar-refractivity contribution in [1.29, 1.82) is 0 Å². The van der Waals surface area contributed by atoms with E-state index in [9.17, 15) is 4.57 Å². The molecule has 0 aliphatic heterocycles. The van der Waals surface area contributed by atoms with Gasteiger partial charge < -0.3 is 9.79 Å². The van der Waals surface area contributed by atoms with Gasteiger partial charge in [-0.2, -0.15) is 0 Å². The SMILES string of the molecule is CCCCCCCC(CCCC)OP(=O)(O)O. The Labute approximate surface area is 105 Å². The van der Waals surface area contributed by atoms with Gasteiger partial charge in [0.15, 0.2) is 0 Å². The third kappa shape index (κ3) is 12.4. The lowest BCUT2D eigenvalue weighted by atomic mass is 10.0. The smallest absolute Gasteiger partial charge is 0.303 e. The Morgan fingerprint density at radius 2 is 1.47 bits per heavy atom. The van der Waals surface area contributed by atoms with Crippen molar-refractivity contribution in [3.63, 3.8) is 0 Å². The molecule has 0 fully saturated rings. The van der Waals surface area contributed by atoms with Crippen LogP contribution in [0.2, 0.25) is 0 Å². The first kappa shape index (κ1) is 17.1. The average molecular weight is 266 g/mol. The minimum atomic E-state index is -4.32. The second-order valence-corrected chi connectivity index (χ2v) is 5.76. The van der Waals surface area contributed by atoms with E-state index in [1.54, 1.807) is 0 Å². The summed E-state index contributed by atoms with van der Waals surface area (Å²) in [5.41, 5.74) is 0. The minimum Gasteiger partial charge on any atom is -0.303 e. The summed E-state index contributed by atoms with van der Waals surface area (Å²) in [7, 11) is -4.32. The Bertz CT molecular complexity index is 215. The van der Waals surface area contributed by atoms with E-state index in [-0.39, 0.29) is 6.10 Å². The normalized spacial score (nSPS) is 13.9. The first-order valence-corrected chi connectivity index (χ1v) is 8.26. The van der Waals surface area contributed by atoms with Crippen LogP contribution in [0.4, 0.5) is 0 Å². The van der Waals surface area contributed by atoms with Gasteiger partial charge in [0, 0.05) is 0 Å². The van der Waals surface area contributed by atoms with E-state index in [4.69, 9.17) is 14.3 Å². The third-order valence-electron chi connectivity index (χ3n) is 2.80. The van der Waals surface area contributed by atoms with Crippen molar-refractivity contribution in [2.45, 2.75) is 77.7 Å². The van der Waals surface area contributed by atoms with Crippen LogP contribution in [0.25, 0.3) is 0 Å². The Hall–Kier alpha value is 0.110. The molecule has 0 saturated carbocycles. The number of rotatable bonds is 11. The molecule has 0 aliphatic rings. The van der Waals surface area contributed by atoms with Gasteiger partial charge in [0.05, 0.1) is 6.10 Å². The van der Waals surface area contributed by atoms with Crippen LogP contribution in [0.5, 0.6) is 0 Å². The number of hydrogen-bond donors (Lipinski definition) is 2. The summed E-state index contributed by atoms with van der Waals surface area (Å²) in [6.45, 7) is 4.23. The van der Waals surface area contributed by atoms with Crippen LogP contribution >= 0.6 is 7.82 Å². The fourth-order valence-electron chi connectivity index (χ4n) is 1.85. The minimum absolute atomic E-state index is 0.280. The summed E-state index contributed by atoms with van der Waals surface area (Å²) >= 11 is 0. The largest absolute Gasteiger partial charge is 0.469 e. The van der Waals surface area contributed by atoms with Gasteiger partial charge in [-0.25, -0.2) is 4.57 Å². The fourth-order valence-corrected chi connectivity index (χ4v) is 2.45. The molecule has 0 heterocycles. The lowest BCUT2D eigenvalue weighted by molar-refractivity contribution is 0.116. The standard InChI is InChI=1S/C12H27O4P/c1-3-5-7-8-9-11-12(10-6-4-2)16-17(13,14)15/h12H,3-11H2,1-2H3,(H2,13,14,15). The topological polar surface area (TPSA) is 66.8 Å². The summed E-state index contributed by atoms with van der Waals surface area (Å²) in [6.07, 6.45) is 8.97. The fraction of sp³-hybridized carbons (Fsp3) is 1.00. The number of unbranched alkanes of at least 4 members (excludes halogenated alkanes) is 5. The molecule has 0 rings (SSSR count). The quantitative estimate of drug-likeness (QED) is 0.438. The van der Waals surface area contributed by atoms with Gasteiger partial charge in [-0.3, -0.25) is 4.52 Å². The van der Waals surface area contributed by atoms with Crippen LogP contribution < -0.4 is 0 Å². The zero-order valence-corrected chi connectivity index (χ0v) is 12.0. The van der Waals surface area contributed by atoms with E-state index < -0.39 is 7.82 Å². The van der Waals surface area contributed by atoms with Crippen molar-refractivity contribution in [1.82, 2.24) is 0 Å². The average Bonchev–Trinajstić information content (AvgIpc) is 2.23. The molecular weight excluding hydrogens is 239 g/mol. The Balaban J connectivity index is 3.81. The first-order valence-electron chi connectivity index (χ1n) is 6.73. The highest BCUT2D eigenvalue weighted by Gasteiger charge is 2.21. The van der Waals surface area contributed by atoms with Crippen molar-refractivity contribution >= 4 is 7.82 Å². The summed E-state index contributed by atoms with van der Waals surface area (Å²) in [5, 5.41) is 0. The van der Waals surface area contributed by atoms with Crippen LogP contribution in [-0.4, -0.2) is 15.9 Å². The van der Waals surface area contributed by atoms with Crippen LogP contribution in [0, 0.1) is 0 Å². The summed E-state index contributed by atoms with van der Waals surface area (Å²) < 4.78 is 15.6. The maximum absolute atomic E-state index is 10.8. The maximum atomic E-state index is 10.8. The zero-order chi connectivity index (χ0) is 13.1. The Morgan fingerprint density at radius 3 is 2.00 bits per heavy atom. The van der Waals surface area contributed by atoms with Gasteiger partial charge in [-0.05, 0) is 12.8 Å². The molecule has 104 valence electrons. The van der Waals surface area contributed by atoms with E-state index in [0.717, 1.165) is 38.5 Å². The van der Waals surface area contributed by atoms with Crippen LogP contribution in [-0.2, 0) is 9.09 Å². The molecule has 0 aromatic heterocycles. The molecule has 0 spiro atoms. The summed E-state index contributed by atoms with van der Waals surface area (Å²) in [6, 6.07) is 0. The highest BCUT2D eigenvalue weighted by Crippen LogP contribution is 2.39. The van der Waals surface area contributed by atoms with Gasteiger partial charge in [-0.1, -0.05) is 58.8 Å². The summed E-state index contributed by atoms with van der Waals surface area (Å²) in [5.74, 6) is 0. The van der Waals surface area contributed by atoms with Crippen molar-refractivity contribution < 1.29 is 18.9 Å². The highest BCUT2D eigenvalue weighted by atomic mass is 31.2. The molecule has 0 aliphatic carbocycles. The molecule has 0 aromatic carbocycles. The second-order valence-electron chi connectivity index (χ2n) is 4.56. The van der Waals surface area contributed by atoms with Crippen LogP contribution in [0.1, 0.15) is 71.6 Å². The molecule has 0 amide bonds. The molecule has 2 N–H and O–H groups in total. The number of phosphoric acid groups is 1. The van der Waals surface area contributed by atoms with Gasteiger partial charge in [-0.15, -0.1) is 0 Å². The molecule has 1 unspecified atom stereocenters. The van der Waals surface area contributed by atoms with E-state index in [1.807, 2.05) is 0 Å². The van der Waals surface area contributed by atoms with Crippen molar-refractivity contribution in [3.8, 4) is 0 Å². The van der Waals surface area contributed by atoms with Crippen LogP contribution in [0.3, 0.4) is 0 Å². The monoisotopic (exact) mass is 266 g/mol. The lowest BCUT2D eigenvalue weighted by Gasteiger charge is -2.17. The van der Waals surface area contributed by atoms with Crippen molar-refractivity contribution in [2.24, 2.45) is 0 Å². The molecule has 0 bridgehead atoms. The predicted octanol–water partition coefficient (Wildman–Crippen LogP) is 4.02. The van der Waals surface area contributed by atoms with E-state index >= 15 is 0 Å². The molecule has 5 heteroatoms. The molecule has 1 atom stereocenters. The highest BCUT2D eigenvalue weighted by molar-refractivity contribution is 7.46.